The van der Waals surface area contributed by atoms with Gasteiger partial charge in [-0.1, -0.05) is 28.4 Å². The molecular weight excluding hydrogens is 394 g/mol. The van der Waals surface area contributed by atoms with Crippen LogP contribution in [0.5, 0.6) is 0 Å². The van der Waals surface area contributed by atoms with Gasteiger partial charge in [0.1, 0.15) is 5.82 Å². The third kappa shape index (κ3) is 3.29. The van der Waals surface area contributed by atoms with E-state index in [1.807, 2.05) is 24.3 Å². The van der Waals surface area contributed by atoms with Gasteiger partial charge in [0.2, 0.25) is 0 Å². The molecule has 6 heteroatoms. The highest BCUT2D eigenvalue weighted by Crippen LogP contribution is 2.19. The number of fused-ring (bicyclic) bond motifs is 2. The van der Waals surface area contributed by atoms with E-state index in [-0.39, 0.29) is 11.5 Å². The molecule has 26 heavy (non-hydrogen) atoms. The van der Waals surface area contributed by atoms with Gasteiger partial charge in [-0.3, -0.25) is 14.2 Å². The summed E-state index contributed by atoms with van der Waals surface area (Å²) in [5, 5.41) is 3.44. The minimum absolute atomic E-state index is 0.00847. The summed E-state index contributed by atoms with van der Waals surface area (Å²) < 4.78 is 2.68. The van der Waals surface area contributed by atoms with Gasteiger partial charge >= 0.3 is 0 Å². The van der Waals surface area contributed by atoms with Crippen LogP contribution in [0.15, 0.2) is 51.7 Å². The van der Waals surface area contributed by atoms with Crippen LogP contribution in [0.1, 0.15) is 35.4 Å². The molecule has 0 fully saturated rings. The van der Waals surface area contributed by atoms with Crippen LogP contribution >= 0.6 is 15.9 Å². The Hall–Kier alpha value is -2.47. The number of nitrogens with zero attached hydrogens (tertiary/aromatic N) is 2. The molecule has 0 saturated carbocycles. The molecule has 1 aliphatic rings. The van der Waals surface area contributed by atoms with E-state index in [2.05, 4.69) is 26.2 Å². The molecule has 132 valence electrons. The molecule has 0 bridgehead atoms. The summed E-state index contributed by atoms with van der Waals surface area (Å²) in [6, 6.07) is 12.5. The Labute approximate surface area is 159 Å². The van der Waals surface area contributed by atoms with Gasteiger partial charge in [0, 0.05) is 28.7 Å². The molecule has 0 radical (unpaired) electrons. The van der Waals surface area contributed by atoms with Gasteiger partial charge in [0.05, 0.1) is 10.9 Å². The Kier molecular flexibility index (Phi) is 4.59. The Bertz CT molecular complexity index is 1060. The first-order chi connectivity index (χ1) is 12.6. The summed E-state index contributed by atoms with van der Waals surface area (Å²) in [5.74, 6) is 0.603. The summed E-state index contributed by atoms with van der Waals surface area (Å²) in [6.45, 7) is 0.724. The van der Waals surface area contributed by atoms with E-state index in [4.69, 9.17) is 0 Å². The fourth-order valence-corrected chi connectivity index (χ4v) is 3.73. The first-order valence-corrected chi connectivity index (χ1v) is 9.51. The lowest BCUT2D eigenvalue weighted by Crippen LogP contribution is -2.24. The van der Waals surface area contributed by atoms with Crippen LogP contribution in [0, 0.1) is 0 Å². The minimum atomic E-state index is -0.221. The highest BCUT2D eigenvalue weighted by molar-refractivity contribution is 9.10. The predicted octanol–water partition coefficient (Wildman–Crippen LogP) is 4.14. The second-order valence-electron chi connectivity index (χ2n) is 6.49. The summed E-state index contributed by atoms with van der Waals surface area (Å²) in [5.41, 5.74) is 1.78. The zero-order chi connectivity index (χ0) is 18.1. The summed E-state index contributed by atoms with van der Waals surface area (Å²) in [4.78, 5) is 30.0. The molecule has 0 saturated heterocycles. The largest absolute Gasteiger partial charge is 0.322 e. The number of nitrogens with one attached hydrogen (secondary N) is 1. The monoisotopic (exact) mass is 411 g/mol. The van der Waals surface area contributed by atoms with E-state index in [0.717, 1.165) is 42.5 Å². The van der Waals surface area contributed by atoms with Crippen molar-refractivity contribution in [1.82, 2.24) is 9.55 Å². The van der Waals surface area contributed by atoms with Crippen molar-refractivity contribution < 1.29 is 4.79 Å². The third-order valence-corrected chi connectivity index (χ3v) is 5.15. The average Bonchev–Trinajstić information content (AvgIpc) is 2.87. The molecule has 0 aliphatic carbocycles. The van der Waals surface area contributed by atoms with Gasteiger partial charge in [0.25, 0.3) is 11.5 Å². The van der Waals surface area contributed by atoms with Crippen LogP contribution in [-0.2, 0) is 13.0 Å². The Morgan fingerprint density at radius 3 is 2.85 bits per heavy atom. The number of anilines is 1. The quantitative estimate of drug-likeness (QED) is 0.688. The van der Waals surface area contributed by atoms with Gasteiger partial charge in [0.15, 0.2) is 0 Å². The Morgan fingerprint density at radius 1 is 1.12 bits per heavy atom. The number of hydrogen-bond donors (Lipinski definition) is 1. The fraction of sp³-hybridized carbons (Fsp3) is 0.250. The number of carbonyl (C=O) groups is 1. The lowest BCUT2D eigenvalue weighted by molar-refractivity contribution is 0.102. The van der Waals surface area contributed by atoms with Crippen molar-refractivity contribution in [2.45, 2.75) is 32.2 Å². The number of rotatable bonds is 2. The van der Waals surface area contributed by atoms with Crippen LogP contribution in [0.3, 0.4) is 0 Å². The van der Waals surface area contributed by atoms with E-state index < -0.39 is 0 Å². The van der Waals surface area contributed by atoms with Gasteiger partial charge in [-0.25, -0.2) is 4.98 Å². The first-order valence-electron chi connectivity index (χ1n) is 8.72. The number of carbonyl (C=O) groups excluding carboxylic acids is 1. The van der Waals surface area contributed by atoms with E-state index in [0.29, 0.717) is 22.2 Å². The Morgan fingerprint density at radius 2 is 2.00 bits per heavy atom. The average molecular weight is 412 g/mol. The molecule has 1 N–H and O–H groups in total. The van der Waals surface area contributed by atoms with E-state index in [9.17, 15) is 9.59 Å². The molecule has 5 nitrogen and oxygen atoms in total. The van der Waals surface area contributed by atoms with Crippen molar-refractivity contribution in [1.29, 1.82) is 0 Å². The summed E-state index contributed by atoms with van der Waals surface area (Å²) >= 11 is 3.39. The molecule has 2 aromatic carbocycles. The standard InChI is InChI=1S/C20H18BrN3O2/c21-14-5-4-6-15(12-14)22-19(25)13-8-9-16-17(11-13)23-18-7-2-1-3-10-24(18)20(16)26/h4-6,8-9,11-12H,1-3,7,10H2,(H,22,25). The predicted molar refractivity (Wildman–Crippen MR) is 106 cm³/mol. The molecule has 0 spiro atoms. The van der Waals surface area contributed by atoms with Gasteiger partial charge < -0.3 is 5.32 Å². The molecule has 0 unspecified atom stereocenters. The molecule has 4 rings (SSSR count). The maximum atomic E-state index is 12.8. The fourth-order valence-electron chi connectivity index (χ4n) is 3.33. The van der Waals surface area contributed by atoms with Crippen molar-refractivity contribution in [3.05, 3.63) is 68.7 Å². The zero-order valence-corrected chi connectivity index (χ0v) is 15.8. The summed E-state index contributed by atoms with van der Waals surface area (Å²) in [7, 11) is 0. The SMILES string of the molecule is O=C(Nc1cccc(Br)c1)c1ccc2c(=O)n3c(nc2c1)CCCCC3. The van der Waals surface area contributed by atoms with Crippen LogP contribution in [0.4, 0.5) is 5.69 Å². The van der Waals surface area contributed by atoms with Gasteiger partial charge in [-0.15, -0.1) is 0 Å². The second kappa shape index (κ2) is 7.03. The smallest absolute Gasteiger partial charge is 0.261 e. The van der Waals surface area contributed by atoms with Crippen LogP contribution in [0.2, 0.25) is 0 Å². The zero-order valence-electron chi connectivity index (χ0n) is 14.2. The summed E-state index contributed by atoms with van der Waals surface area (Å²) in [6.07, 6.45) is 3.97. The van der Waals surface area contributed by atoms with Crippen molar-refractivity contribution in [3.63, 3.8) is 0 Å². The maximum Gasteiger partial charge on any atom is 0.261 e. The van der Waals surface area contributed by atoms with E-state index in [1.54, 1.807) is 22.8 Å². The molecular formula is C20H18BrN3O2. The normalized spacial score (nSPS) is 13.9. The number of hydrogen-bond acceptors (Lipinski definition) is 3. The molecule has 1 aromatic heterocycles. The number of halogens is 1. The van der Waals surface area contributed by atoms with E-state index >= 15 is 0 Å². The highest BCUT2D eigenvalue weighted by Gasteiger charge is 2.15. The van der Waals surface area contributed by atoms with E-state index in [1.165, 1.54) is 0 Å². The number of aryl methyl sites for hydroxylation is 1. The lowest BCUT2D eigenvalue weighted by atomic mass is 10.1. The van der Waals surface area contributed by atoms with Crippen LogP contribution < -0.4 is 10.9 Å². The third-order valence-electron chi connectivity index (χ3n) is 4.66. The lowest BCUT2D eigenvalue weighted by Gasteiger charge is -2.11. The number of benzene rings is 2. The van der Waals surface area contributed by atoms with Crippen molar-refractivity contribution in [2.24, 2.45) is 0 Å². The number of aromatic nitrogens is 2. The molecule has 3 aromatic rings. The van der Waals surface area contributed by atoms with Crippen molar-refractivity contribution in [3.8, 4) is 0 Å². The Balaban J connectivity index is 1.71. The second-order valence-corrected chi connectivity index (χ2v) is 7.41. The van der Waals surface area contributed by atoms with Gasteiger partial charge in [-0.2, -0.15) is 0 Å². The van der Waals surface area contributed by atoms with Crippen LogP contribution in [0.25, 0.3) is 10.9 Å². The van der Waals surface area contributed by atoms with Crippen LogP contribution in [-0.4, -0.2) is 15.5 Å². The van der Waals surface area contributed by atoms with Gasteiger partial charge in [-0.05, 0) is 49.2 Å². The topological polar surface area (TPSA) is 64.0 Å². The molecule has 0 atom stereocenters. The minimum Gasteiger partial charge on any atom is -0.322 e. The first kappa shape index (κ1) is 17.0. The van der Waals surface area contributed by atoms with Crippen molar-refractivity contribution >= 4 is 38.4 Å². The van der Waals surface area contributed by atoms with Crippen molar-refractivity contribution in [2.75, 3.05) is 5.32 Å². The molecule has 1 aliphatic heterocycles. The molecule has 1 amide bonds. The maximum absolute atomic E-state index is 12.8. The number of amides is 1. The molecule has 2 heterocycles. The highest BCUT2D eigenvalue weighted by atomic mass is 79.9.